The van der Waals surface area contributed by atoms with Crippen LogP contribution in [0.25, 0.3) is 0 Å². The summed E-state index contributed by atoms with van der Waals surface area (Å²) in [6, 6.07) is 6.38. The van der Waals surface area contributed by atoms with Crippen LogP contribution >= 0.6 is 11.3 Å². The predicted molar refractivity (Wildman–Crippen MR) is 74.8 cm³/mol. The van der Waals surface area contributed by atoms with E-state index in [2.05, 4.69) is 23.3 Å². The third kappa shape index (κ3) is 2.88. The van der Waals surface area contributed by atoms with Gasteiger partial charge in [0.2, 0.25) is 6.79 Å². The molecule has 0 amide bonds. The lowest BCUT2D eigenvalue weighted by atomic mass is 10.1. The molecule has 2 aromatic rings. The van der Waals surface area contributed by atoms with Gasteiger partial charge in [-0.3, -0.25) is 0 Å². The van der Waals surface area contributed by atoms with Crippen molar-refractivity contribution in [2.75, 3.05) is 13.3 Å². The first kappa shape index (κ1) is 12.4. The van der Waals surface area contributed by atoms with E-state index in [9.17, 15) is 0 Å². The van der Waals surface area contributed by atoms with Gasteiger partial charge in [0.15, 0.2) is 11.5 Å². The van der Waals surface area contributed by atoms with Crippen molar-refractivity contribution in [3.05, 3.63) is 40.3 Å². The lowest BCUT2D eigenvalue weighted by Gasteiger charge is -2.14. The van der Waals surface area contributed by atoms with Crippen molar-refractivity contribution in [1.82, 2.24) is 10.3 Å². The van der Waals surface area contributed by atoms with Gasteiger partial charge < -0.3 is 14.8 Å². The molecule has 0 saturated carbocycles. The van der Waals surface area contributed by atoms with Crippen molar-refractivity contribution in [3.8, 4) is 11.5 Å². The number of hydrogen-bond acceptors (Lipinski definition) is 5. The Morgan fingerprint density at radius 3 is 3.11 bits per heavy atom. The molecule has 2 heterocycles. The highest BCUT2D eigenvalue weighted by Crippen LogP contribution is 2.34. The first-order valence-corrected chi connectivity index (χ1v) is 7.22. The van der Waals surface area contributed by atoms with E-state index in [1.165, 1.54) is 10.6 Å². The summed E-state index contributed by atoms with van der Waals surface area (Å²) in [7, 11) is 0. The molecule has 4 nitrogen and oxygen atoms in total. The number of nitrogens with one attached hydrogen (secondary N) is 1. The van der Waals surface area contributed by atoms with Gasteiger partial charge in [-0.25, -0.2) is 4.98 Å². The molecule has 3 rings (SSSR count). The average Bonchev–Trinajstić information content (AvgIpc) is 3.08. The maximum absolute atomic E-state index is 5.39. The molecular weight excluding hydrogens is 260 g/mol. The molecule has 0 fully saturated rings. The van der Waals surface area contributed by atoms with Gasteiger partial charge in [-0.05, 0) is 24.6 Å². The molecule has 19 heavy (non-hydrogen) atoms. The highest BCUT2D eigenvalue weighted by molar-refractivity contribution is 7.09. The quantitative estimate of drug-likeness (QED) is 0.912. The van der Waals surface area contributed by atoms with Crippen LogP contribution in [0.3, 0.4) is 0 Å². The Bertz CT molecular complexity index is 542. The number of fused-ring (bicyclic) bond motifs is 1. The second-order valence-corrected chi connectivity index (χ2v) is 5.44. The molecule has 1 N–H and O–H groups in total. The van der Waals surface area contributed by atoms with Gasteiger partial charge in [0.25, 0.3) is 0 Å². The van der Waals surface area contributed by atoms with Crippen molar-refractivity contribution in [1.29, 1.82) is 0 Å². The van der Waals surface area contributed by atoms with E-state index in [1.807, 2.05) is 23.7 Å². The summed E-state index contributed by atoms with van der Waals surface area (Å²) < 4.78 is 10.7. The van der Waals surface area contributed by atoms with Gasteiger partial charge in [0.1, 0.15) is 0 Å². The topological polar surface area (TPSA) is 43.4 Å². The van der Waals surface area contributed by atoms with E-state index in [-0.39, 0.29) is 6.04 Å². The zero-order valence-electron chi connectivity index (χ0n) is 10.8. The lowest BCUT2D eigenvalue weighted by molar-refractivity contribution is 0.174. The predicted octanol–water partition coefficient (Wildman–Crippen LogP) is 2.77. The maximum Gasteiger partial charge on any atom is 0.231 e. The van der Waals surface area contributed by atoms with Crippen molar-refractivity contribution in [2.45, 2.75) is 19.4 Å². The van der Waals surface area contributed by atoms with E-state index in [1.54, 1.807) is 11.3 Å². The fourth-order valence-corrected chi connectivity index (χ4v) is 2.69. The first-order valence-electron chi connectivity index (χ1n) is 6.34. The Morgan fingerprint density at radius 1 is 1.37 bits per heavy atom. The minimum Gasteiger partial charge on any atom is -0.454 e. The largest absolute Gasteiger partial charge is 0.454 e. The van der Waals surface area contributed by atoms with Crippen molar-refractivity contribution < 1.29 is 9.47 Å². The molecule has 0 bridgehead atoms. The number of thiazole rings is 1. The van der Waals surface area contributed by atoms with Gasteiger partial charge in [-0.15, -0.1) is 11.3 Å². The van der Waals surface area contributed by atoms with E-state index >= 15 is 0 Å². The number of rotatable bonds is 5. The molecule has 0 radical (unpaired) electrons. The summed E-state index contributed by atoms with van der Waals surface area (Å²) in [6.45, 7) is 3.40. The number of aromatic nitrogens is 1. The molecule has 5 heteroatoms. The van der Waals surface area contributed by atoms with Gasteiger partial charge in [-0.2, -0.15) is 0 Å². The molecular formula is C14H16N2O2S. The summed E-state index contributed by atoms with van der Waals surface area (Å²) in [6.07, 6.45) is 2.81. The molecule has 1 unspecified atom stereocenters. The molecule has 1 aliphatic rings. The summed E-state index contributed by atoms with van der Waals surface area (Å²) in [5.41, 5.74) is 1.21. The molecule has 1 atom stereocenters. The Morgan fingerprint density at radius 2 is 2.26 bits per heavy atom. The third-order valence-electron chi connectivity index (χ3n) is 3.17. The zero-order valence-corrected chi connectivity index (χ0v) is 11.6. The summed E-state index contributed by atoms with van der Waals surface area (Å²) in [5, 5.41) is 6.68. The minimum absolute atomic E-state index is 0.287. The minimum atomic E-state index is 0.287. The molecule has 1 aromatic heterocycles. The maximum atomic E-state index is 5.39. The van der Waals surface area contributed by atoms with Crippen LogP contribution < -0.4 is 14.8 Å². The van der Waals surface area contributed by atoms with Gasteiger partial charge in [0.05, 0.1) is 5.01 Å². The summed E-state index contributed by atoms with van der Waals surface area (Å²) in [4.78, 5) is 4.28. The van der Waals surface area contributed by atoms with E-state index in [0.717, 1.165) is 24.5 Å². The van der Waals surface area contributed by atoms with E-state index in [0.29, 0.717) is 6.79 Å². The van der Waals surface area contributed by atoms with Crippen LogP contribution in [0, 0.1) is 0 Å². The van der Waals surface area contributed by atoms with Crippen molar-refractivity contribution in [3.63, 3.8) is 0 Å². The van der Waals surface area contributed by atoms with Gasteiger partial charge in [0, 0.05) is 30.6 Å². The highest BCUT2D eigenvalue weighted by atomic mass is 32.1. The highest BCUT2D eigenvalue weighted by Gasteiger charge is 2.15. The normalized spacial score (nSPS) is 14.6. The number of ether oxygens (including phenoxy) is 2. The Labute approximate surface area is 116 Å². The molecule has 1 aromatic carbocycles. The second-order valence-electron chi connectivity index (χ2n) is 4.46. The molecule has 1 aliphatic heterocycles. The van der Waals surface area contributed by atoms with Crippen LogP contribution in [-0.2, 0) is 6.42 Å². The van der Waals surface area contributed by atoms with E-state index < -0.39 is 0 Å². The standard InChI is InChI=1S/C14H16N2O2S/c1-10(15-5-4-14-16-6-7-19-14)11-2-3-12-13(8-11)18-9-17-12/h2-3,6-8,10,15H,4-5,9H2,1H3. The van der Waals surface area contributed by atoms with E-state index in [4.69, 9.17) is 9.47 Å². The smallest absolute Gasteiger partial charge is 0.231 e. The van der Waals surface area contributed by atoms with Gasteiger partial charge in [-0.1, -0.05) is 6.07 Å². The molecule has 100 valence electrons. The average molecular weight is 276 g/mol. The Hall–Kier alpha value is -1.59. The fraction of sp³-hybridized carbons (Fsp3) is 0.357. The van der Waals surface area contributed by atoms with Crippen molar-refractivity contribution >= 4 is 11.3 Å². The van der Waals surface area contributed by atoms with Gasteiger partial charge >= 0.3 is 0 Å². The Kier molecular flexibility index (Phi) is 3.66. The lowest BCUT2D eigenvalue weighted by Crippen LogP contribution is -2.21. The second kappa shape index (κ2) is 5.59. The van der Waals surface area contributed by atoms with Crippen LogP contribution in [0.2, 0.25) is 0 Å². The number of nitrogens with zero attached hydrogens (tertiary/aromatic N) is 1. The van der Waals surface area contributed by atoms with Crippen LogP contribution in [0.5, 0.6) is 11.5 Å². The monoisotopic (exact) mass is 276 g/mol. The molecule has 0 saturated heterocycles. The third-order valence-corrected chi connectivity index (χ3v) is 4.01. The summed E-state index contributed by atoms with van der Waals surface area (Å²) in [5.74, 6) is 1.67. The molecule has 0 aliphatic carbocycles. The fourth-order valence-electron chi connectivity index (χ4n) is 2.07. The SMILES string of the molecule is CC(NCCc1nccs1)c1ccc2c(c1)OCO2. The van der Waals surface area contributed by atoms with Crippen LogP contribution in [0.1, 0.15) is 23.5 Å². The summed E-state index contributed by atoms with van der Waals surface area (Å²) >= 11 is 1.70. The number of hydrogen-bond donors (Lipinski definition) is 1. The first-order chi connectivity index (χ1) is 9.33. The zero-order chi connectivity index (χ0) is 13.1. The number of benzene rings is 1. The van der Waals surface area contributed by atoms with Crippen molar-refractivity contribution in [2.24, 2.45) is 0 Å². The Balaban J connectivity index is 1.56. The van der Waals surface area contributed by atoms with Crippen LogP contribution in [0.15, 0.2) is 29.8 Å². The van der Waals surface area contributed by atoms with Crippen LogP contribution in [0.4, 0.5) is 0 Å². The van der Waals surface area contributed by atoms with Crippen LogP contribution in [-0.4, -0.2) is 18.3 Å². The molecule has 0 spiro atoms.